The Morgan fingerprint density at radius 2 is 2.07 bits per heavy atom. The van der Waals surface area contributed by atoms with Gasteiger partial charge in [-0.15, -0.1) is 0 Å². The number of carbonyl (C=O) groups is 1. The molecule has 0 saturated heterocycles. The van der Waals surface area contributed by atoms with Crippen molar-refractivity contribution in [2.24, 2.45) is 5.92 Å². The largest absolute Gasteiger partial charge is 0.352 e. The fourth-order valence-electron chi connectivity index (χ4n) is 0.998. The van der Waals surface area contributed by atoms with Gasteiger partial charge in [0.1, 0.15) is 0 Å². The molecular weight excluding hydrogens is 176 g/mol. The van der Waals surface area contributed by atoms with Crippen molar-refractivity contribution in [3.63, 3.8) is 0 Å². The van der Waals surface area contributed by atoms with E-state index in [1.54, 1.807) is 6.92 Å². The Balaban J connectivity index is 3.58. The van der Waals surface area contributed by atoms with Gasteiger partial charge in [0, 0.05) is 12.1 Å². The van der Waals surface area contributed by atoms with Gasteiger partial charge in [-0.05, 0) is 39.9 Å². The van der Waals surface area contributed by atoms with Gasteiger partial charge in [-0.25, -0.2) is 0 Å². The maximum Gasteiger partial charge on any atom is 0.246 e. The molecule has 0 heterocycles. The maximum absolute atomic E-state index is 11.2. The third-order valence-corrected chi connectivity index (χ3v) is 2.07. The zero-order valence-corrected chi connectivity index (χ0v) is 9.76. The van der Waals surface area contributed by atoms with Crippen LogP contribution in [0.4, 0.5) is 0 Å². The SMILES string of the molecule is C=C(C)C(=O)NCC(C)CCN(C)C. The predicted octanol–water partition coefficient (Wildman–Crippen LogP) is 1.27. The summed E-state index contributed by atoms with van der Waals surface area (Å²) in [5.74, 6) is 0.474. The summed E-state index contributed by atoms with van der Waals surface area (Å²) in [5.41, 5.74) is 0.574. The molecule has 14 heavy (non-hydrogen) atoms. The summed E-state index contributed by atoms with van der Waals surface area (Å²) in [6.45, 7) is 9.25. The molecule has 82 valence electrons. The first-order valence-electron chi connectivity index (χ1n) is 5.02. The third kappa shape index (κ3) is 6.66. The number of carbonyl (C=O) groups excluding carboxylic acids is 1. The standard InChI is InChI=1S/C11H22N2O/c1-9(2)11(14)12-8-10(3)6-7-13(4)5/h10H,1,6-8H2,2-5H3,(H,12,14). The Morgan fingerprint density at radius 3 is 2.50 bits per heavy atom. The average Bonchev–Trinajstić information content (AvgIpc) is 2.10. The van der Waals surface area contributed by atoms with Crippen molar-refractivity contribution in [3.8, 4) is 0 Å². The molecular formula is C11H22N2O. The minimum atomic E-state index is -0.0401. The number of nitrogens with one attached hydrogen (secondary N) is 1. The van der Waals surface area contributed by atoms with Crippen LogP contribution < -0.4 is 5.32 Å². The van der Waals surface area contributed by atoms with Gasteiger partial charge in [-0.2, -0.15) is 0 Å². The summed E-state index contributed by atoms with van der Waals surface area (Å²) in [5, 5.41) is 2.85. The highest BCUT2D eigenvalue weighted by Crippen LogP contribution is 2.00. The molecule has 0 saturated carbocycles. The van der Waals surface area contributed by atoms with Crippen molar-refractivity contribution in [2.45, 2.75) is 20.3 Å². The zero-order chi connectivity index (χ0) is 11.1. The summed E-state index contributed by atoms with van der Waals surface area (Å²) in [6, 6.07) is 0. The van der Waals surface area contributed by atoms with Gasteiger partial charge in [-0.3, -0.25) is 4.79 Å². The van der Waals surface area contributed by atoms with E-state index in [0.717, 1.165) is 19.5 Å². The Morgan fingerprint density at radius 1 is 1.50 bits per heavy atom. The molecule has 0 fully saturated rings. The van der Waals surface area contributed by atoms with Crippen LogP contribution in [-0.2, 0) is 4.79 Å². The highest BCUT2D eigenvalue weighted by molar-refractivity contribution is 5.92. The second kappa shape index (κ2) is 6.60. The Kier molecular flexibility index (Phi) is 6.21. The summed E-state index contributed by atoms with van der Waals surface area (Å²) in [4.78, 5) is 13.3. The molecule has 0 aromatic carbocycles. The molecule has 0 aromatic rings. The summed E-state index contributed by atoms with van der Waals surface area (Å²) in [6.07, 6.45) is 1.10. The van der Waals surface area contributed by atoms with Crippen molar-refractivity contribution < 1.29 is 4.79 Å². The molecule has 0 spiro atoms. The van der Waals surface area contributed by atoms with E-state index in [1.165, 1.54) is 0 Å². The number of hydrogen-bond acceptors (Lipinski definition) is 2. The van der Waals surface area contributed by atoms with Gasteiger partial charge in [0.15, 0.2) is 0 Å². The minimum Gasteiger partial charge on any atom is -0.352 e. The number of hydrogen-bond donors (Lipinski definition) is 1. The van der Waals surface area contributed by atoms with Gasteiger partial charge in [0.25, 0.3) is 0 Å². The lowest BCUT2D eigenvalue weighted by Gasteiger charge is -2.15. The molecule has 0 rings (SSSR count). The van der Waals surface area contributed by atoms with Crippen LogP contribution in [0.1, 0.15) is 20.3 Å². The molecule has 1 atom stereocenters. The van der Waals surface area contributed by atoms with Crippen LogP contribution >= 0.6 is 0 Å². The van der Waals surface area contributed by atoms with Crippen molar-refractivity contribution >= 4 is 5.91 Å². The summed E-state index contributed by atoms with van der Waals surface area (Å²) < 4.78 is 0. The van der Waals surface area contributed by atoms with Crippen molar-refractivity contribution in [2.75, 3.05) is 27.2 Å². The maximum atomic E-state index is 11.2. The summed E-state index contributed by atoms with van der Waals surface area (Å²) >= 11 is 0. The van der Waals surface area contributed by atoms with Crippen molar-refractivity contribution in [1.29, 1.82) is 0 Å². The van der Waals surface area contributed by atoms with Crippen LogP contribution in [0.15, 0.2) is 12.2 Å². The molecule has 3 nitrogen and oxygen atoms in total. The molecule has 0 radical (unpaired) electrons. The topological polar surface area (TPSA) is 32.3 Å². The van der Waals surface area contributed by atoms with E-state index < -0.39 is 0 Å². The van der Waals surface area contributed by atoms with Crippen LogP contribution in [-0.4, -0.2) is 38.0 Å². The van der Waals surface area contributed by atoms with Gasteiger partial charge < -0.3 is 10.2 Å². The molecule has 1 amide bonds. The van der Waals surface area contributed by atoms with Crippen molar-refractivity contribution in [3.05, 3.63) is 12.2 Å². The second-order valence-electron chi connectivity index (χ2n) is 4.19. The monoisotopic (exact) mass is 198 g/mol. The summed E-state index contributed by atoms with van der Waals surface area (Å²) in [7, 11) is 4.11. The smallest absolute Gasteiger partial charge is 0.246 e. The Bertz CT molecular complexity index is 199. The molecule has 0 bridgehead atoms. The fraction of sp³-hybridized carbons (Fsp3) is 0.727. The van der Waals surface area contributed by atoms with E-state index in [2.05, 4.69) is 37.8 Å². The number of rotatable bonds is 6. The quantitative estimate of drug-likeness (QED) is 0.652. The van der Waals surface area contributed by atoms with Crippen LogP contribution in [0, 0.1) is 5.92 Å². The van der Waals surface area contributed by atoms with E-state index in [4.69, 9.17) is 0 Å². The first-order valence-corrected chi connectivity index (χ1v) is 5.02. The van der Waals surface area contributed by atoms with Crippen LogP contribution in [0.3, 0.4) is 0 Å². The highest BCUT2D eigenvalue weighted by Gasteiger charge is 2.05. The zero-order valence-electron chi connectivity index (χ0n) is 9.76. The first-order chi connectivity index (χ1) is 6.43. The molecule has 3 heteroatoms. The molecule has 0 aromatic heterocycles. The van der Waals surface area contributed by atoms with E-state index in [-0.39, 0.29) is 5.91 Å². The highest BCUT2D eigenvalue weighted by atomic mass is 16.1. The van der Waals surface area contributed by atoms with E-state index in [1.807, 2.05) is 0 Å². The first kappa shape index (κ1) is 13.2. The van der Waals surface area contributed by atoms with Gasteiger partial charge in [-0.1, -0.05) is 13.5 Å². The third-order valence-electron chi connectivity index (χ3n) is 2.07. The Hall–Kier alpha value is -0.830. The van der Waals surface area contributed by atoms with Crippen LogP contribution in [0.25, 0.3) is 0 Å². The molecule has 0 aliphatic carbocycles. The van der Waals surface area contributed by atoms with Gasteiger partial charge in [0.05, 0.1) is 0 Å². The van der Waals surface area contributed by atoms with Crippen LogP contribution in [0.5, 0.6) is 0 Å². The molecule has 1 N–H and O–H groups in total. The van der Waals surface area contributed by atoms with E-state index in [9.17, 15) is 4.79 Å². The Labute approximate surface area is 87.2 Å². The number of amides is 1. The van der Waals surface area contributed by atoms with E-state index in [0.29, 0.717) is 11.5 Å². The van der Waals surface area contributed by atoms with Gasteiger partial charge in [0.2, 0.25) is 5.91 Å². The average molecular weight is 198 g/mol. The lowest BCUT2D eigenvalue weighted by atomic mass is 10.1. The van der Waals surface area contributed by atoms with E-state index >= 15 is 0 Å². The fourth-order valence-corrected chi connectivity index (χ4v) is 0.998. The predicted molar refractivity (Wildman–Crippen MR) is 60.2 cm³/mol. The molecule has 0 aliphatic rings. The van der Waals surface area contributed by atoms with Crippen molar-refractivity contribution in [1.82, 2.24) is 10.2 Å². The second-order valence-corrected chi connectivity index (χ2v) is 4.19. The molecule has 0 aliphatic heterocycles. The van der Waals surface area contributed by atoms with Gasteiger partial charge >= 0.3 is 0 Å². The lowest BCUT2D eigenvalue weighted by molar-refractivity contribution is -0.117. The molecule has 1 unspecified atom stereocenters. The minimum absolute atomic E-state index is 0.0401. The normalized spacial score (nSPS) is 12.6. The van der Waals surface area contributed by atoms with Crippen LogP contribution in [0.2, 0.25) is 0 Å². The lowest BCUT2D eigenvalue weighted by Crippen LogP contribution is -2.29. The number of nitrogens with zero attached hydrogens (tertiary/aromatic N) is 1.